The van der Waals surface area contributed by atoms with E-state index < -0.39 is 0 Å². The van der Waals surface area contributed by atoms with Crippen molar-refractivity contribution < 1.29 is 0 Å². The summed E-state index contributed by atoms with van der Waals surface area (Å²) in [6, 6.07) is 8.95. The minimum Gasteiger partial charge on any atom is -0.192 e. The summed E-state index contributed by atoms with van der Waals surface area (Å²) in [6.45, 7) is 4.12. The zero-order valence-corrected chi connectivity index (χ0v) is 7.52. The van der Waals surface area contributed by atoms with Gasteiger partial charge in [0.25, 0.3) is 0 Å². The van der Waals surface area contributed by atoms with Gasteiger partial charge in [-0.3, -0.25) is 0 Å². The van der Waals surface area contributed by atoms with Crippen LogP contribution in [0, 0.1) is 24.3 Å². The fourth-order valence-corrected chi connectivity index (χ4v) is 1.32. The van der Waals surface area contributed by atoms with E-state index in [1.807, 2.05) is 19.1 Å². The Morgan fingerprint density at radius 1 is 1.58 bits per heavy atom. The first-order valence-electron chi connectivity index (χ1n) is 4.19. The van der Waals surface area contributed by atoms with E-state index in [1.54, 1.807) is 0 Å². The molecule has 0 aliphatic heterocycles. The van der Waals surface area contributed by atoms with Gasteiger partial charge < -0.3 is 0 Å². The van der Waals surface area contributed by atoms with Gasteiger partial charge in [0, 0.05) is 0 Å². The number of rotatable bonds is 2. The van der Waals surface area contributed by atoms with E-state index in [1.165, 1.54) is 0 Å². The van der Waals surface area contributed by atoms with Crippen molar-refractivity contribution in [3.8, 4) is 6.07 Å². The van der Waals surface area contributed by atoms with Crippen molar-refractivity contribution in [2.24, 2.45) is 0 Å². The fourth-order valence-electron chi connectivity index (χ4n) is 1.32. The molecule has 12 heavy (non-hydrogen) atoms. The third-order valence-electron chi connectivity index (χ3n) is 1.95. The Labute approximate surface area is 73.6 Å². The predicted molar refractivity (Wildman–Crippen MR) is 48.7 cm³/mol. The molecule has 0 atom stereocenters. The topological polar surface area (TPSA) is 23.8 Å². The molecule has 0 fully saturated rings. The van der Waals surface area contributed by atoms with Gasteiger partial charge >= 0.3 is 0 Å². The third kappa shape index (κ3) is 1.65. The van der Waals surface area contributed by atoms with Crippen molar-refractivity contribution in [1.82, 2.24) is 0 Å². The molecule has 1 rings (SSSR count). The average Bonchev–Trinajstić information content (AvgIpc) is 2.09. The molecule has 0 spiro atoms. The molecule has 0 aliphatic carbocycles. The number of hydrogen-bond acceptors (Lipinski definition) is 1. The van der Waals surface area contributed by atoms with Gasteiger partial charge in [0.05, 0.1) is 11.6 Å². The Morgan fingerprint density at radius 3 is 2.92 bits per heavy atom. The second kappa shape index (κ2) is 3.92. The van der Waals surface area contributed by atoms with E-state index in [4.69, 9.17) is 5.26 Å². The first-order chi connectivity index (χ1) is 5.79. The van der Waals surface area contributed by atoms with E-state index in [0.717, 1.165) is 29.5 Å². The van der Waals surface area contributed by atoms with Crippen molar-refractivity contribution >= 4 is 0 Å². The lowest BCUT2D eigenvalue weighted by atomic mass is 9.99. The van der Waals surface area contributed by atoms with Crippen molar-refractivity contribution in [1.29, 1.82) is 5.26 Å². The summed E-state index contributed by atoms with van der Waals surface area (Å²) in [7, 11) is 0. The minimum atomic E-state index is 0.799. The highest BCUT2D eigenvalue weighted by atomic mass is 14.2. The van der Waals surface area contributed by atoms with Gasteiger partial charge in [-0.15, -0.1) is 0 Å². The van der Waals surface area contributed by atoms with Gasteiger partial charge in [-0.05, 0) is 36.6 Å². The molecule has 0 aromatic heterocycles. The number of aryl methyl sites for hydroxylation is 1. The molecule has 0 aliphatic rings. The zero-order chi connectivity index (χ0) is 8.97. The molecule has 1 radical (unpaired) electrons. The molecular formula is C11H12N. The van der Waals surface area contributed by atoms with Crippen LogP contribution in [0.2, 0.25) is 0 Å². The first-order valence-corrected chi connectivity index (χ1v) is 4.19. The van der Waals surface area contributed by atoms with E-state index in [9.17, 15) is 0 Å². The van der Waals surface area contributed by atoms with Crippen molar-refractivity contribution in [2.45, 2.75) is 26.7 Å². The third-order valence-corrected chi connectivity index (χ3v) is 1.95. The predicted octanol–water partition coefficient (Wildman–Crippen LogP) is 2.62. The van der Waals surface area contributed by atoms with Crippen LogP contribution in [0.4, 0.5) is 0 Å². The molecule has 0 saturated carbocycles. The highest BCUT2D eigenvalue weighted by Crippen LogP contribution is 2.14. The second-order valence-electron chi connectivity index (χ2n) is 2.86. The monoisotopic (exact) mass is 158 g/mol. The van der Waals surface area contributed by atoms with Crippen LogP contribution in [-0.4, -0.2) is 0 Å². The number of nitriles is 1. The highest BCUT2D eigenvalue weighted by Gasteiger charge is 2.02. The standard InChI is InChI=1S/C11H12N/c1-3-5-11-9(2)6-4-7-10(11)8-12/h4,7H,3,5H2,1-2H3. The normalized spacial score (nSPS) is 9.42. The summed E-state index contributed by atoms with van der Waals surface area (Å²) in [6.07, 6.45) is 2.06. The van der Waals surface area contributed by atoms with Gasteiger partial charge in [-0.1, -0.05) is 19.4 Å². The number of hydrogen-bond donors (Lipinski definition) is 0. The summed E-state index contributed by atoms with van der Waals surface area (Å²) in [5, 5.41) is 8.81. The second-order valence-corrected chi connectivity index (χ2v) is 2.86. The van der Waals surface area contributed by atoms with Gasteiger partial charge in [0.2, 0.25) is 0 Å². The van der Waals surface area contributed by atoms with Crippen LogP contribution in [0.5, 0.6) is 0 Å². The Balaban J connectivity index is 3.13. The van der Waals surface area contributed by atoms with Crippen LogP contribution < -0.4 is 0 Å². The van der Waals surface area contributed by atoms with Crippen molar-refractivity contribution in [3.63, 3.8) is 0 Å². The molecule has 1 aromatic rings. The largest absolute Gasteiger partial charge is 0.192 e. The lowest BCUT2D eigenvalue weighted by molar-refractivity contribution is 0.908. The lowest BCUT2D eigenvalue weighted by Gasteiger charge is -2.04. The smallest absolute Gasteiger partial charge is 0.0994 e. The number of nitrogens with zero attached hydrogens (tertiary/aromatic N) is 1. The van der Waals surface area contributed by atoms with Crippen LogP contribution in [0.25, 0.3) is 0 Å². The van der Waals surface area contributed by atoms with Crippen LogP contribution >= 0.6 is 0 Å². The van der Waals surface area contributed by atoms with Crippen molar-refractivity contribution in [2.75, 3.05) is 0 Å². The van der Waals surface area contributed by atoms with Crippen LogP contribution in [0.15, 0.2) is 12.1 Å². The van der Waals surface area contributed by atoms with E-state index in [0.29, 0.717) is 0 Å². The van der Waals surface area contributed by atoms with E-state index in [-0.39, 0.29) is 0 Å². The molecule has 1 nitrogen and oxygen atoms in total. The SMILES string of the molecule is CCCc1c(C)[c]ccc1C#N. The van der Waals surface area contributed by atoms with Crippen molar-refractivity contribution in [3.05, 3.63) is 34.9 Å². The molecule has 0 unspecified atom stereocenters. The summed E-state index contributed by atoms with van der Waals surface area (Å²) in [5.41, 5.74) is 3.06. The summed E-state index contributed by atoms with van der Waals surface area (Å²) < 4.78 is 0. The van der Waals surface area contributed by atoms with Gasteiger partial charge in [-0.2, -0.15) is 5.26 Å². The molecular weight excluding hydrogens is 146 g/mol. The molecule has 1 aromatic carbocycles. The van der Waals surface area contributed by atoms with Crippen LogP contribution in [-0.2, 0) is 6.42 Å². The van der Waals surface area contributed by atoms with Crippen LogP contribution in [0.1, 0.15) is 30.0 Å². The van der Waals surface area contributed by atoms with Crippen LogP contribution in [0.3, 0.4) is 0 Å². The van der Waals surface area contributed by atoms with Gasteiger partial charge in [-0.25, -0.2) is 0 Å². The molecule has 0 saturated heterocycles. The minimum absolute atomic E-state index is 0.799. The lowest BCUT2D eigenvalue weighted by Crippen LogP contribution is -1.93. The molecule has 0 bridgehead atoms. The maximum absolute atomic E-state index is 8.81. The first kappa shape index (κ1) is 8.80. The Kier molecular flexibility index (Phi) is 2.88. The summed E-state index contributed by atoms with van der Waals surface area (Å²) in [5.74, 6) is 0. The van der Waals surface area contributed by atoms with E-state index in [2.05, 4.69) is 19.1 Å². The van der Waals surface area contributed by atoms with Gasteiger partial charge in [0.15, 0.2) is 0 Å². The molecule has 0 amide bonds. The quantitative estimate of drug-likeness (QED) is 0.649. The van der Waals surface area contributed by atoms with Gasteiger partial charge in [0.1, 0.15) is 0 Å². The maximum Gasteiger partial charge on any atom is 0.0994 e. The Hall–Kier alpha value is -1.29. The Morgan fingerprint density at radius 2 is 2.33 bits per heavy atom. The van der Waals surface area contributed by atoms with E-state index >= 15 is 0 Å². The number of benzene rings is 1. The highest BCUT2D eigenvalue weighted by molar-refractivity contribution is 5.41. The molecule has 0 N–H and O–H groups in total. The summed E-state index contributed by atoms with van der Waals surface area (Å²) >= 11 is 0. The maximum atomic E-state index is 8.81. The average molecular weight is 158 g/mol. The zero-order valence-electron chi connectivity index (χ0n) is 7.52. The molecule has 1 heteroatoms. The molecule has 0 heterocycles. The summed E-state index contributed by atoms with van der Waals surface area (Å²) in [4.78, 5) is 0. The fraction of sp³-hybridized carbons (Fsp3) is 0.364. The molecule has 61 valence electrons. The Bertz CT molecular complexity index is 307.